The highest BCUT2D eigenvalue weighted by atomic mass is 32.2. The molecule has 0 atom stereocenters. The van der Waals surface area contributed by atoms with Crippen molar-refractivity contribution in [1.82, 2.24) is 15.2 Å². The van der Waals surface area contributed by atoms with Gasteiger partial charge >= 0.3 is 0 Å². The number of thioether (sulfide) groups is 1. The van der Waals surface area contributed by atoms with E-state index >= 15 is 0 Å². The maximum atomic E-state index is 4.62. The number of aromatic nitrogens is 3. The third-order valence-corrected chi connectivity index (χ3v) is 4.41. The van der Waals surface area contributed by atoms with Gasteiger partial charge in [-0.25, -0.2) is 4.98 Å². The van der Waals surface area contributed by atoms with Crippen molar-refractivity contribution in [3.63, 3.8) is 0 Å². The SMILES string of the molecule is c1ccc(SCc2nc(C3CCCC3)n[nH]2)cc1. The summed E-state index contributed by atoms with van der Waals surface area (Å²) in [5.41, 5.74) is 0. The largest absolute Gasteiger partial charge is 0.262 e. The molecule has 1 fully saturated rings. The van der Waals surface area contributed by atoms with Gasteiger partial charge in [0.15, 0.2) is 5.82 Å². The van der Waals surface area contributed by atoms with Crippen LogP contribution in [0.15, 0.2) is 35.2 Å². The number of nitrogens with zero attached hydrogens (tertiary/aromatic N) is 2. The van der Waals surface area contributed by atoms with Crippen molar-refractivity contribution in [2.45, 2.75) is 42.2 Å². The molecule has 1 aromatic heterocycles. The second-order valence-corrected chi connectivity index (χ2v) is 5.77. The molecule has 0 aliphatic heterocycles. The average molecular weight is 259 g/mol. The highest BCUT2D eigenvalue weighted by Crippen LogP contribution is 2.32. The summed E-state index contributed by atoms with van der Waals surface area (Å²) in [6, 6.07) is 10.4. The van der Waals surface area contributed by atoms with Crippen LogP contribution in [-0.2, 0) is 5.75 Å². The normalized spacial score (nSPS) is 16.2. The Hall–Kier alpha value is -1.29. The smallest absolute Gasteiger partial charge is 0.153 e. The summed E-state index contributed by atoms with van der Waals surface area (Å²) < 4.78 is 0. The zero-order valence-corrected chi connectivity index (χ0v) is 11.1. The maximum Gasteiger partial charge on any atom is 0.153 e. The van der Waals surface area contributed by atoms with Gasteiger partial charge in [0.2, 0.25) is 0 Å². The van der Waals surface area contributed by atoms with E-state index < -0.39 is 0 Å². The zero-order chi connectivity index (χ0) is 12.2. The van der Waals surface area contributed by atoms with Gasteiger partial charge in [-0.1, -0.05) is 31.0 Å². The van der Waals surface area contributed by atoms with Gasteiger partial charge in [0, 0.05) is 10.8 Å². The van der Waals surface area contributed by atoms with Crippen LogP contribution in [0.5, 0.6) is 0 Å². The van der Waals surface area contributed by atoms with Crippen LogP contribution in [0.3, 0.4) is 0 Å². The average Bonchev–Trinajstić information content (AvgIpc) is 3.08. The van der Waals surface area contributed by atoms with Gasteiger partial charge in [0.1, 0.15) is 5.82 Å². The number of nitrogens with one attached hydrogen (secondary N) is 1. The highest BCUT2D eigenvalue weighted by Gasteiger charge is 2.20. The summed E-state index contributed by atoms with van der Waals surface area (Å²) in [5.74, 6) is 3.47. The third-order valence-electron chi connectivity index (χ3n) is 3.39. The van der Waals surface area contributed by atoms with Crippen LogP contribution < -0.4 is 0 Å². The topological polar surface area (TPSA) is 41.6 Å². The zero-order valence-electron chi connectivity index (χ0n) is 10.3. The number of aromatic amines is 1. The molecule has 2 aromatic rings. The standard InChI is InChI=1S/C14H17N3S/c1-2-8-12(9-3-1)18-10-13-15-14(17-16-13)11-6-4-5-7-11/h1-3,8-9,11H,4-7,10H2,(H,15,16,17). The predicted molar refractivity (Wildman–Crippen MR) is 73.6 cm³/mol. The van der Waals surface area contributed by atoms with E-state index in [4.69, 9.17) is 0 Å². The molecular weight excluding hydrogens is 242 g/mol. The molecule has 0 unspecified atom stereocenters. The lowest BCUT2D eigenvalue weighted by Gasteiger charge is -2.01. The molecule has 0 amide bonds. The molecule has 0 radical (unpaired) electrons. The first-order chi connectivity index (χ1) is 8.92. The van der Waals surface area contributed by atoms with Gasteiger partial charge in [-0.15, -0.1) is 11.8 Å². The fraction of sp³-hybridized carbons (Fsp3) is 0.429. The lowest BCUT2D eigenvalue weighted by Crippen LogP contribution is -1.94. The Morgan fingerprint density at radius 3 is 2.72 bits per heavy atom. The molecule has 1 N–H and O–H groups in total. The summed E-state index contributed by atoms with van der Waals surface area (Å²) in [6.45, 7) is 0. The Morgan fingerprint density at radius 2 is 1.94 bits per heavy atom. The van der Waals surface area contributed by atoms with E-state index in [1.54, 1.807) is 11.8 Å². The Labute approximate surface area is 111 Å². The number of benzene rings is 1. The summed E-state index contributed by atoms with van der Waals surface area (Å²) in [6.07, 6.45) is 5.16. The maximum absolute atomic E-state index is 4.62. The van der Waals surface area contributed by atoms with Gasteiger partial charge in [0.25, 0.3) is 0 Å². The van der Waals surface area contributed by atoms with E-state index in [0.29, 0.717) is 5.92 Å². The van der Waals surface area contributed by atoms with Crippen molar-refractivity contribution in [3.05, 3.63) is 42.0 Å². The fourth-order valence-corrected chi connectivity index (χ4v) is 3.19. The van der Waals surface area contributed by atoms with E-state index in [0.717, 1.165) is 17.4 Å². The van der Waals surface area contributed by atoms with Gasteiger partial charge in [-0.3, -0.25) is 5.10 Å². The summed E-state index contributed by atoms with van der Waals surface area (Å²) in [4.78, 5) is 5.89. The van der Waals surface area contributed by atoms with E-state index in [-0.39, 0.29) is 0 Å². The van der Waals surface area contributed by atoms with Crippen LogP contribution >= 0.6 is 11.8 Å². The van der Waals surface area contributed by atoms with Crippen molar-refractivity contribution in [2.24, 2.45) is 0 Å². The van der Waals surface area contributed by atoms with Gasteiger partial charge in [-0.05, 0) is 25.0 Å². The monoisotopic (exact) mass is 259 g/mol. The minimum atomic E-state index is 0.594. The molecular formula is C14H17N3S. The number of H-pyrrole nitrogens is 1. The predicted octanol–water partition coefficient (Wildman–Crippen LogP) is 3.75. The van der Waals surface area contributed by atoms with Gasteiger partial charge < -0.3 is 0 Å². The van der Waals surface area contributed by atoms with Crippen molar-refractivity contribution in [1.29, 1.82) is 0 Å². The second kappa shape index (κ2) is 5.57. The highest BCUT2D eigenvalue weighted by molar-refractivity contribution is 7.98. The third kappa shape index (κ3) is 2.75. The minimum Gasteiger partial charge on any atom is -0.262 e. The molecule has 3 rings (SSSR count). The Morgan fingerprint density at radius 1 is 1.17 bits per heavy atom. The summed E-state index contributed by atoms with van der Waals surface area (Å²) >= 11 is 1.80. The first-order valence-corrected chi connectivity index (χ1v) is 7.49. The molecule has 18 heavy (non-hydrogen) atoms. The van der Waals surface area contributed by atoms with Crippen molar-refractivity contribution in [2.75, 3.05) is 0 Å². The number of hydrogen-bond donors (Lipinski definition) is 1. The van der Waals surface area contributed by atoms with E-state index in [9.17, 15) is 0 Å². The molecule has 1 aliphatic rings. The molecule has 1 aliphatic carbocycles. The molecule has 1 heterocycles. The van der Waals surface area contributed by atoms with Crippen molar-refractivity contribution >= 4 is 11.8 Å². The first-order valence-electron chi connectivity index (χ1n) is 6.51. The van der Waals surface area contributed by atoms with Crippen LogP contribution in [-0.4, -0.2) is 15.2 Å². The van der Waals surface area contributed by atoms with Crippen LogP contribution in [0.25, 0.3) is 0 Å². The van der Waals surface area contributed by atoms with E-state index in [1.165, 1.54) is 30.6 Å². The molecule has 1 saturated carbocycles. The van der Waals surface area contributed by atoms with E-state index in [2.05, 4.69) is 39.4 Å². The number of hydrogen-bond acceptors (Lipinski definition) is 3. The van der Waals surface area contributed by atoms with Crippen LogP contribution in [0, 0.1) is 0 Å². The summed E-state index contributed by atoms with van der Waals surface area (Å²) in [5, 5.41) is 7.43. The number of rotatable bonds is 4. The summed E-state index contributed by atoms with van der Waals surface area (Å²) in [7, 11) is 0. The Bertz CT molecular complexity index is 489. The molecule has 94 valence electrons. The molecule has 4 heteroatoms. The lowest BCUT2D eigenvalue weighted by molar-refractivity contribution is 0.671. The van der Waals surface area contributed by atoms with Crippen molar-refractivity contribution in [3.8, 4) is 0 Å². The van der Waals surface area contributed by atoms with Crippen molar-refractivity contribution < 1.29 is 0 Å². The quantitative estimate of drug-likeness (QED) is 0.850. The van der Waals surface area contributed by atoms with E-state index in [1.807, 2.05) is 6.07 Å². The Balaban J connectivity index is 1.60. The molecule has 1 aromatic carbocycles. The van der Waals surface area contributed by atoms with Gasteiger partial charge in [-0.2, -0.15) is 5.10 Å². The molecule has 0 saturated heterocycles. The van der Waals surface area contributed by atoms with Crippen LogP contribution in [0.1, 0.15) is 43.3 Å². The van der Waals surface area contributed by atoms with Crippen LogP contribution in [0.4, 0.5) is 0 Å². The molecule has 3 nitrogen and oxygen atoms in total. The fourth-order valence-electron chi connectivity index (χ4n) is 2.41. The molecule has 0 spiro atoms. The minimum absolute atomic E-state index is 0.594. The van der Waals surface area contributed by atoms with Gasteiger partial charge in [0.05, 0.1) is 5.75 Å². The van der Waals surface area contributed by atoms with Crippen LogP contribution in [0.2, 0.25) is 0 Å². The first kappa shape index (κ1) is 11.8. The lowest BCUT2D eigenvalue weighted by atomic mass is 10.1. The Kier molecular flexibility index (Phi) is 3.64. The molecule has 0 bridgehead atoms. The second-order valence-electron chi connectivity index (χ2n) is 4.72.